The topological polar surface area (TPSA) is 20.2 Å². The van der Waals surface area contributed by atoms with Gasteiger partial charge in [-0.05, 0) is 0 Å². The van der Waals surface area contributed by atoms with Gasteiger partial charge >= 0.3 is 35.5 Å². The molecule has 0 aromatic heterocycles. The van der Waals surface area contributed by atoms with Crippen molar-refractivity contribution in [3.8, 4) is 0 Å². The first kappa shape index (κ1) is 21.9. The number of hydrogen-bond donors (Lipinski definition) is 1. The summed E-state index contributed by atoms with van der Waals surface area (Å²) in [6.07, 6.45) is 0. The van der Waals surface area contributed by atoms with Gasteiger partial charge < -0.3 is 5.11 Å². The van der Waals surface area contributed by atoms with Gasteiger partial charge in [-0.15, -0.1) is 0 Å². The molecule has 0 aromatic rings. The molecule has 0 bridgehead atoms. The zero-order chi connectivity index (χ0) is 18.4. The molecule has 0 aromatic carbocycles. The second kappa shape index (κ2) is 5.73. The van der Waals surface area contributed by atoms with Crippen molar-refractivity contribution in [2.24, 2.45) is 0 Å². The number of halogens is 13. The van der Waals surface area contributed by atoms with Gasteiger partial charge in [0.2, 0.25) is 0 Å². The van der Waals surface area contributed by atoms with E-state index in [9.17, 15) is 52.7 Å². The van der Waals surface area contributed by atoms with Crippen LogP contribution in [0.1, 0.15) is 0 Å². The van der Waals surface area contributed by atoms with E-state index in [2.05, 4.69) is 0 Å². The van der Waals surface area contributed by atoms with Crippen molar-refractivity contribution < 1.29 is 57.8 Å². The van der Waals surface area contributed by atoms with Crippen molar-refractivity contribution in [3.05, 3.63) is 0 Å². The lowest BCUT2D eigenvalue weighted by molar-refractivity contribution is -0.424. The van der Waals surface area contributed by atoms with Crippen molar-refractivity contribution >= 4 is 22.6 Å². The summed E-state index contributed by atoms with van der Waals surface area (Å²) in [7, 11) is 0. The van der Waals surface area contributed by atoms with Gasteiger partial charge in [-0.1, -0.05) is 22.6 Å². The van der Waals surface area contributed by atoms with Crippen LogP contribution in [0.2, 0.25) is 0 Å². The Kier molecular flexibility index (Phi) is 5.70. The lowest BCUT2D eigenvalue weighted by Crippen LogP contribution is -2.71. The second-order valence-electron chi connectivity index (χ2n) is 4.00. The van der Waals surface area contributed by atoms with Crippen molar-refractivity contribution in [1.29, 1.82) is 0 Å². The average molecular weight is 472 g/mol. The highest BCUT2D eigenvalue weighted by Crippen LogP contribution is 2.60. The van der Waals surface area contributed by atoms with Crippen LogP contribution in [0.5, 0.6) is 0 Å². The summed E-state index contributed by atoms with van der Waals surface area (Å²) in [5.41, 5.74) is 0. The van der Waals surface area contributed by atoms with E-state index in [1.165, 1.54) is 0 Å². The first-order valence-corrected chi connectivity index (χ1v) is 6.33. The van der Waals surface area contributed by atoms with Crippen molar-refractivity contribution in [2.45, 2.75) is 35.5 Å². The SMILES string of the molecule is OCC(F)(F)C(F)(F)C(F)(F)C(F)(F)C(F)(F)C(F)(F)CI. The van der Waals surface area contributed by atoms with Crippen LogP contribution in [0.4, 0.5) is 52.7 Å². The molecule has 0 fully saturated rings. The minimum atomic E-state index is -7.59. The highest BCUT2D eigenvalue weighted by atomic mass is 127. The van der Waals surface area contributed by atoms with Crippen LogP contribution >= 0.6 is 22.6 Å². The molecule has 134 valence electrons. The molecule has 0 radical (unpaired) electrons. The summed E-state index contributed by atoms with van der Waals surface area (Å²) in [5, 5.41) is 7.82. The van der Waals surface area contributed by atoms with E-state index in [1.54, 1.807) is 0 Å². The van der Waals surface area contributed by atoms with Gasteiger partial charge in [0.05, 0.1) is 4.43 Å². The Morgan fingerprint density at radius 2 is 0.818 bits per heavy atom. The van der Waals surface area contributed by atoms with Gasteiger partial charge in [-0.25, -0.2) is 0 Å². The first-order valence-electron chi connectivity index (χ1n) is 4.81. The zero-order valence-corrected chi connectivity index (χ0v) is 11.9. The second-order valence-corrected chi connectivity index (χ2v) is 4.76. The largest absolute Gasteiger partial charge is 0.390 e. The van der Waals surface area contributed by atoms with Crippen LogP contribution in [-0.2, 0) is 0 Å². The molecule has 0 unspecified atom stereocenters. The molecular formula is C8H5F12IO. The molecule has 0 saturated carbocycles. The van der Waals surface area contributed by atoms with Crippen LogP contribution in [0.15, 0.2) is 0 Å². The summed E-state index contributed by atoms with van der Waals surface area (Å²) in [6.45, 7) is -3.11. The predicted molar refractivity (Wildman–Crippen MR) is 55.7 cm³/mol. The smallest absolute Gasteiger partial charge is 0.384 e. The van der Waals surface area contributed by atoms with Gasteiger partial charge in [-0.3, -0.25) is 0 Å². The fraction of sp³-hybridized carbons (Fsp3) is 1.00. The molecule has 0 rings (SSSR count). The van der Waals surface area contributed by atoms with Crippen LogP contribution in [-0.4, -0.2) is 51.7 Å². The van der Waals surface area contributed by atoms with Gasteiger partial charge in [0.15, 0.2) is 0 Å². The van der Waals surface area contributed by atoms with Gasteiger partial charge in [0.1, 0.15) is 6.61 Å². The third-order valence-electron chi connectivity index (χ3n) is 2.47. The lowest BCUT2D eigenvalue weighted by atomic mass is 9.92. The number of rotatable bonds is 7. The highest BCUT2D eigenvalue weighted by molar-refractivity contribution is 14.1. The molecule has 0 spiro atoms. The maximum Gasteiger partial charge on any atom is 0.384 e. The van der Waals surface area contributed by atoms with Crippen molar-refractivity contribution in [3.63, 3.8) is 0 Å². The van der Waals surface area contributed by atoms with Crippen molar-refractivity contribution in [2.75, 3.05) is 11.0 Å². The van der Waals surface area contributed by atoms with Gasteiger partial charge in [0, 0.05) is 0 Å². The molecule has 22 heavy (non-hydrogen) atoms. The summed E-state index contributed by atoms with van der Waals surface area (Å²) in [6, 6.07) is 0. The molecule has 0 saturated heterocycles. The van der Waals surface area contributed by atoms with E-state index < -0.39 is 46.6 Å². The number of alkyl halides is 13. The molecule has 0 amide bonds. The minimum Gasteiger partial charge on any atom is -0.390 e. The van der Waals surface area contributed by atoms with E-state index in [4.69, 9.17) is 5.11 Å². The minimum absolute atomic E-state index is 0.384. The summed E-state index contributed by atoms with van der Waals surface area (Å²) in [4.78, 5) is 0. The average Bonchev–Trinajstić information content (AvgIpc) is 2.37. The van der Waals surface area contributed by atoms with Crippen LogP contribution in [0.25, 0.3) is 0 Å². The van der Waals surface area contributed by atoms with Crippen LogP contribution in [0.3, 0.4) is 0 Å². The molecule has 0 heterocycles. The van der Waals surface area contributed by atoms with Crippen LogP contribution < -0.4 is 0 Å². The van der Waals surface area contributed by atoms with Gasteiger partial charge in [0.25, 0.3) is 0 Å². The van der Waals surface area contributed by atoms with E-state index in [-0.39, 0.29) is 0 Å². The van der Waals surface area contributed by atoms with Crippen LogP contribution in [0, 0.1) is 0 Å². The maximum atomic E-state index is 12.9. The maximum absolute atomic E-state index is 12.9. The lowest BCUT2D eigenvalue weighted by Gasteiger charge is -2.40. The molecular weight excluding hydrogens is 467 g/mol. The molecule has 0 aliphatic heterocycles. The zero-order valence-electron chi connectivity index (χ0n) is 9.77. The summed E-state index contributed by atoms with van der Waals surface area (Å²) >= 11 is 0.384. The Balaban J connectivity index is 6.19. The molecule has 0 aliphatic carbocycles. The number of aliphatic hydroxyl groups is 1. The van der Waals surface area contributed by atoms with E-state index in [0.717, 1.165) is 0 Å². The quantitative estimate of drug-likeness (QED) is 0.335. The van der Waals surface area contributed by atoms with Crippen molar-refractivity contribution in [1.82, 2.24) is 0 Å². The van der Waals surface area contributed by atoms with E-state index in [0.29, 0.717) is 22.6 Å². The van der Waals surface area contributed by atoms with E-state index >= 15 is 0 Å². The van der Waals surface area contributed by atoms with E-state index in [1.807, 2.05) is 0 Å². The number of aliphatic hydroxyl groups excluding tert-OH is 1. The summed E-state index contributed by atoms with van der Waals surface area (Å²) < 4.78 is 151. The standard InChI is InChI=1S/C8H5F12IO/c9-3(10,1-21)5(13,14)7(17,18)8(19,20)6(15,16)4(11,12)2-22/h22H,1-2H2. The monoisotopic (exact) mass is 472 g/mol. The fourth-order valence-corrected chi connectivity index (χ4v) is 1.52. The molecule has 1 nitrogen and oxygen atoms in total. The Labute approximate surface area is 127 Å². The Morgan fingerprint density at radius 1 is 0.545 bits per heavy atom. The predicted octanol–water partition coefficient (Wildman–Crippen LogP) is 4.23. The molecule has 14 heteroatoms. The third kappa shape index (κ3) is 2.73. The number of hydrogen-bond acceptors (Lipinski definition) is 1. The first-order chi connectivity index (χ1) is 9.37. The molecule has 0 aliphatic rings. The summed E-state index contributed by atoms with van der Waals surface area (Å²) in [5.74, 6) is -41.6. The van der Waals surface area contributed by atoms with Gasteiger partial charge in [-0.2, -0.15) is 52.7 Å². The highest BCUT2D eigenvalue weighted by Gasteiger charge is 2.89. The fourth-order valence-electron chi connectivity index (χ4n) is 1.04. The Hall–Kier alpha value is -0.150. The Bertz CT molecular complexity index is 368. The normalized spacial score (nSPS) is 16.1. The molecule has 0 atom stereocenters. The Morgan fingerprint density at radius 3 is 1.05 bits per heavy atom. The third-order valence-corrected chi connectivity index (χ3v) is 3.43. The molecule has 1 N–H and O–H groups in total.